The molecule has 1 heterocycles. The molecule has 7 nitrogen and oxygen atoms in total. The third-order valence-corrected chi connectivity index (χ3v) is 5.54. The third kappa shape index (κ3) is 5.63. The van der Waals surface area contributed by atoms with Crippen molar-refractivity contribution in [2.45, 2.75) is 27.1 Å². The van der Waals surface area contributed by atoms with Crippen LogP contribution in [0.5, 0.6) is 17.2 Å². The molecule has 0 unspecified atom stereocenters. The zero-order chi connectivity index (χ0) is 25.7. The highest BCUT2D eigenvalue weighted by Crippen LogP contribution is 2.35. The zero-order valence-corrected chi connectivity index (χ0v) is 19.9. The number of para-hydroxylation sites is 1. The Bertz CT molecular complexity index is 1330. The lowest BCUT2D eigenvalue weighted by Gasteiger charge is -2.15. The second-order valence-electron chi connectivity index (χ2n) is 7.86. The maximum absolute atomic E-state index is 13.1. The Morgan fingerprint density at radius 1 is 1.03 bits per heavy atom. The number of nitrogens with one attached hydrogen (secondary N) is 1. The number of hydrogen-bond donors (Lipinski definition) is 1. The van der Waals surface area contributed by atoms with Gasteiger partial charge in [-0.2, -0.15) is 8.78 Å². The Morgan fingerprint density at radius 3 is 2.44 bits per heavy atom. The highest BCUT2D eigenvalue weighted by Gasteiger charge is 2.17. The van der Waals surface area contributed by atoms with Crippen molar-refractivity contribution >= 4 is 11.6 Å². The Balaban J connectivity index is 1.58. The van der Waals surface area contributed by atoms with Crippen LogP contribution in [0.1, 0.15) is 27.4 Å². The van der Waals surface area contributed by atoms with Gasteiger partial charge in [-0.25, -0.2) is 0 Å². The molecule has 4 rings (SSSR count). The highest BCUT2D eigenvalue weighted by atomic mass is 19.3. The van der Waals surface area contributed by atoms with Crippen molar-refractivity contribution < 1.29 is 32.3 Å². The number of nitrogens with zero attached hydrogens (tertiary/aromatic N) is 1. The number of rotatable bonds is 9. The second kappa shape index (κ2) is 10.9. The van der Waals surface area contributed by atoms with E-state index in [1.54, 1.807) is 61.5 Å². The van der Waals surface area contributed by atoms with Crippen molar-refractivity contribution in [3.05, 3.63) is 89.3 Å². The van der Waals surface area contributed by atoms with Gasteiger partial charge in [0.05, 0.1) is 23.9 Å². The predicted molar refractivity (Wildman–Crippen MR) is 130 cm³/mol. The van der Waals surface area contributed by atoms with Gasteiger partial charge in [0.2, 0.25) is 0 Å². The number of benzene rings is 3. The normalized spacial score (nSPS) is 10.8. The van der Waals surface area contributed by atoms with E-state index in [2.05, 4.69) is 10.5 Å². The number of aryl methyl sites for hydroxylation is 2. The number of halogens is 2. The first-order valence-electron chi connectivity index (χ1n) is 11.0. The third-order valence-electron chi connectivity index (χ3n) is 5.54. The van der Waals surface area contributed by atoms with Crippen LogP contribution in [-0.2, 0) is 6.61 Å². The SMILES string of the molecule is COc1ccc(-c2cc(NC(=O)c3ccccc3OCc3c(C)noc3C)ccc2OC(F)F)cc1. The van der Waals surface area contributed by atoms with Crippen LogP contribution in [0, 0.1) is 13.8 Å². The van der Waals surface area contributed by atoms with Crippen LogP contribution in [0.3, 0.4) is 0 Å². The van der Waals surface area contributed by atoms with Crippen LogP contribution in [0.25, 0.3) is 11.1 Å². The molecule has 0 saturated carbocycles. The number of carbonyl (C=O) groups is 1. The van der Waals surface area contributed by atoms with Crippen molar-refractivity contribution in [1.82, 2.24) is 5.16 Å². The van der Waals surface area contributed by atoms with Crippen molar-refractivity contribution in [3.63, 3.8) is 0 Å². The quantitative estimate of drug-likeness (QED) is 0.290. The van der Waals surface area contributed by atoms with E-state index in [9.17, 15) is 13.6 Å². The first kappa shape index (κ1) is 24.7. The number of amides is 1. The number of carbonyl (C=O) groups excluding carboxylic acids is 1. The van der Waals surface area contributed by atoms with Crippen LogP contribution in [0.15, 0.2) is 71.3 Å². The molecule has 0 aliphatic rings. The average Bonchev–Trinajstić information content (AvgIpc) is 3.20. The number of methoxy groups -OCH3 is 1. The summed E-state index contributed by atoms with van der Waals surface area (Å²) in [5, 5.41) is 6.72. The van der Waals surface area contributed by atoms with E-state index in [4.69, 9.17) is 18.7 Å². The molecule has 1 amide bonds. The number of ether oxygens (including phenoxy) is 3. The summed E-state index contributed by atoms with van der Waals surface area (Å²) in [5.74, 6) is 1.20. The first-order chi connectivity index (χ1) is 17.4. The van der Waals surface area contributed by atoms with Crippen LogP contribution in [0.4, 0.5) is 14.5 Å². The van der Waals surface area contributed by atoms with Crippen molar-refractivity contribution in [2.75, 3.05) is 12.4 Å². The molecule has 1 N–H and O–H groups in total. The van der Waals surface area contributed by atoms with E-state index in [1.807, 2.05) is 6.92 Å². The predicted octanol–water partition coefficient (Wildman–Crippen LogP) is 6.40. The van der Waals surface area contributed by atoms with Gasteiger partial charge in [-0.1, -0.05) is 29.4 Å². The van der Waals surface area contributed by atoms with Gasteiger partial charge in [-0.3, -0.25) is 4.79 Å². The van der Waals surface area contributed by atoms with E-state index in [0.29, 0.717) is 45.3 Å². The van der Waals surface area contributed by atoms with Crippen LogP contribution in [0.2, 0.25) is 0 Å². The topological polar surface area (TPSA) is 82.8 Å². The Labute approximate surface area is 206 Å². The lowest BCUT2D eigenvalue weighted by atomic mass is 10.0. The molecule has 0 bridgehead atoms. The van der Waals surface area contributed by atoms with E-state index >= 15 is 0 Å². The summed E-state index contributed by atoms with van der Waals surface area (Å²) in [6.07, 6.45) is 0. The van der Waals surface area contributed by atoms with Gasteiger partial charge in [-0.15, -0.1) is 0 Å². The minimum Gasteiger partial charge on any atom is -0.497 e. The van der Waals surface area contributed by atoms with Crippen LogP contribution in [-0.4, -0.2) is 24.8 Å². The molecule has 0 fully saturated rings. The number of anilines is 1. The average molecular weight is 494 g/mol. The molecule has 0 spiro atoms. The maximum Gasteiger partial charge on any atom is 0.387 e. The Morgan fingerprint density at radius 2 is 1.78 bits per heavy atom. The van der Waals surface area contributed by atoms with Crippen LogP contribution < -0.4 is 19.5 Å². The van der Waals surface area contributed by atoms with E-state index in [-0.39, 0.29) is 12.4 Å². The van der Waals surface area contributed by atoms with Gasteiger partial charge in [-0.05, 0) is 61.9 Å². The van der Waals surface area contributed by atoms with Gasteiger partial charge in [0.25, 0.3) is 5.91 Å². The minimum absolute atomic E-state index is 0.0173. The molecule has 1 aromatic heterocycles. The molecule has 186 valence electrons. The van der Waals surface area contributed by atoms with Crippen molar-refractivity contribution in [2.24, 2.45) is 0 Å². The number of alkyl halides is 2. The summed E-state index contributed by atoms with van der Waals surface area (Å²) in [5.41, 5.74) is 3.23. The largest absolute Gasteiger partial charge is 0.497 e. The van der Waals surface area contributed by atoms with E-state index < -0.39 is 12.5 Å². The standard InChI is InChI=1S/C27H24F2N2O5/c1-16-23(17(2)36-31-16)15-34-24-7-5-4-6-21(24)26(32)30-19-10-13-25(35-27(28)29)22(14-19)18-8-11-20(33-3)12-9-18/h4-14,27H,15H2,1-3H3,(H,30,32). The molecule has 3 aromatic carbocycles. The minimum atomic E-state index is -3.00. The molecular formula is C27H24F2N2O5. The monoisotopic (exact) mass is 494 g/mol. The highest BCUT2D eigenvalue weighted by molar-refractivity contribution is 6.06. The summed E-state index contributed by atoms with van der Waals surface area (Å²) in [7, 11) is 1.53. The van der Waals surface area contributed by atoms with Gasteiger partial charge in [0, 0.05) is 11.3 Å². The lowest BCUT2D eigenvalue weighted by Crippen LogP contribution is -2.14. The van der Waals surface area contributed by atoms with Crippen molar-refractivity contribution in [1.29, 1.82) is 0 Å². The molecule has 36 heavy (non-hydrogen) atoms. The molecule has 0 atom stereocenters. The smallest absolute Gasteiger partial charge is 0.387 e. The molecule has 4 aromatic rings. The van der Waals surface area contributed by atoms with Gasteiger partial charge < -0.3 is 24.1 Å². The fourth-order valence-corrected chi connectivity index (χ4v) is 3.64. The Kier molecular flexibility index (Phi) is 7.48. The first-order valence-corrected chi connectivity index (χ1v) is 11.0. The van der Waals surface area contributed by atoms with Gasteiger partial charge >= 0.3 is 6.61 Å². The summed E-state index contributed by atoms with van der Waals surface area (Å²) in [6, 6.07) is 18.1. The fourth-order valence-electron chi connectivity index (χ4n) is 3.64. The lowest BCUT2D eigenvalue weighted by molar-refractivity contribution is -0.0494. The second-order valence-corrected chi connectivity index (χ2v) is 7.86. The fraction of sp³-hybridized carbons (Fsp3) is 0.185. The molecule has 0 radical (unpaired) electrons. The molecule has 0 aliphatic heterocycles. The summed E-state index contributed by atoms with van der Waals surface area (Å²) in [4.78, 5) is 13.1. The molecule has 0 aliphatic carbocycles. The molecule has 9 heteroatoms. The maximum atomic E-state index is 13.1. The summed E-state index contributed by atoms with van der Waals surface area (Å²) in [6.45, 7) is 0.797. The number of hydrogen-bond acceptors (Lipinski definition) is 6. The van der Waals surface area contributed by atoms with Crippen LogP contribution >= 0.6 is 0 Å². The van der Waals surface area contributed by atoms with Gasteiger partial charge in [0.15, 0.2) is 0 Å². The summed E-state index contributed by atoms with van der Waals surface area (Å²) >= 11 is 0. The molecular weight excluding hydrogens is 470 g/mol. The van der Waals surface area contributed by atoms with E-state index in [0.717, 1.165) is 5.56 Å². The van der Waals surface area contributed by atoms with E-state index in [1.165, 1.54) is 19.2 Å². The number of aromatic nitrogens is 1. The Hall–Kier alpha value is -4.40. The van der Waals surface area contributed by atoms with Gasteiger partial charge in [0.1, 0.15) is 29.6 Å². The van der Waals surface area contributed by atoms with Crippen molar-refractivity contribution in [3.8, 4) is 28.4 Å². The molecule has 0 saturated heterocycles. The summed E-state index contributed by atoms with van der Waals surface area (Å²) < 4.78 is 46.9. The zero-order valence-electron chi connectivity index (χ0n) is 19.9.